The highest BCUT2D eigenvalue weighted by molar-refractivity contribution is 5.79. The number of ether oxygens (including phenoxy) is 1. The third-order valence-corrected chi connectivity index (χ3v) is 4.17. The highest BCUT2D eigenvalue weighted by atomic mass is 19.3. The van der Waals surface area contributed by atoms with Crippen molar-refractivity contribution >= 4 is 5.91 Å². The number of halogens is 3. The molecule has 1 heterocycles. The van der Waals surface area contributed by atoms with Gasteiger partial charge in [-0.2, -0.15) is 8.78 Å². The van der Waals surface area contributed by atoms with Gasteiger partial charge in [0, 0.05) is 18.9 Å². The number of methoxy groups -OCH3 is 1. The van der Waals surface area contributed by atoms with Crippen LogP contribution in [0.5, 0.6) is 0 Å². The highest BCUT2D eigenvalue weighted by Gasteiger charge is 2.26. The van der Waals surface area contributed by atoms with Gasteiger partial charge >= 0.3 is 6.43 Å². The number of aliphatic hydroxyl groups excluding tert-OH is 1. The van der Waals surface area contributed by atoms with Gasteiger partial charge in [0.05, 0.1) is 24.4 Å². The van der Waals surface area contributed by atoms with Gasteiger partial charge < -0.3 is 20.9 Å². The molecule has 3 atom stereocenters. The molecule has 3 unspecified atom stereocenters. The number of rotatable bonds is 9. The van der Waals surface area contributed by atoms with Gasteiger partial charge in [0.15, 0.2) is 0 Å². The molecule has 1 amide bonds. The summed E-state index contributed by atoms with van der Waals surface area (Å²) in [5.74, 6) is -1.63. The number of aromatic nitrogens is 1. The van der Waals surface area contributed by atoms with E-state index in [9.17, 15) is 23.1 Å². The molecule has 0 bridgehead atoms. The Balaban J connectivity index is 2.10. The average Bonchev–Trinajstić information content (AvgIpc) is 2.71. The van der Waals surface area contributed by atoms with E-state index in [4.69, 9.17) is 10.5 Å². The minimum absolute atomic E-state index is 0.285. The molecule has 0 radical (unpaired) electrons. The normalized spacial score (nSPS) is 14.5. The van der Waals surface area contributed by atoms with E-state index < -0.39 is 31.2 Å². The van der Waals surface area contributed by atoms with Crippen LogP contribution in [0, 0.1) is 0 Å². The molecule has 0 fully saturated rings. The van der Waals surface area contributed by atoms with Crippen molar-refractivity contribution in [3.8, 4) is 11.1 Å². The van der Waals surface area contributed by atoms with Crippen molar-refractivity contribution in [2.45, 2.75) is 24.6 Å². The molecule has 6 nitrogen and oxygen atoms in total. The predicted octanol–water partition coefficient (Wildman–Crippen LogP) is 2.15. The summed E-state index contributed by atoms with van der Waals surface area (Å²) >= 11 is 0. The molecule has 0 saturated heterocycles. The first-order valence-corrected chi connectivity index (χ1v) is 8.50. The number of carbonyl (C=O) groups is 1. The van der Waals surface area contributed by atoms with E-state index in [0.717, 1.165) is 11.1 Å². The molecular weight excluding hydrogens is 375 g/mol. The maximum absolute atomic E-state index is 13.1. The van der Waals surface area contributed by atoms with Crippen LogP contribution >= 0.6 is 0 Å². The van der Waals surface area contributed by atoms with E-state index in [1.165, 1.54) is 12.1 Å². The van der Waals surface area contributed by atoms with Crippen LogP contribution in [0.1, 0.15) is 23.4 Å². The fourth-order valence-electron chi connectivity index (χ4n) is 2.61. The lowest BCUT2D eigenvalue weighted by Crippen LogP contribution is -2.43. The van der Waals surface area contributed by atoms with Crippen molar-refractivity contribution in [3.63, 3.8) is 0 Å². The first-order chi connectivity index (χ1) is 13.4. The molecule has 1 aromatic carbocycles. The fourth-order valence-corrected chi connectivity index (χ4v) is 2.61. The van der Waals surface area contributed by atoms with Gasteiger partial charge in [-0.3, -0.25) is 9.78 Å². The minimum atomic E-state index is -3.28. The third kappa shape index (κ3) is 5.51. The summed E-state index contributed by atoms with van der Waals surface area (Å²) in [6, 6.07) is 8.22. The maximum Gasteiger partial charge on any atom is 0.315 e. The lowest BCUT2D eigenvalue weighted by molar-refractivity contribution is -0.133. The van der Waals surface area contributed by atoms with E-state index >= 15 is 0 Å². The second kappa shape index (κ2) is 10.2. The third-order valence-electron chi connectivity index (χ3n) is 4.17. The molecule has 2 aromatic rings. The second-order valence-corrected chi connectivity index (χ2v) is 6.17. The van der Waals surface area contributed by atoms with E-state index in [-0.39, 0.29) is 11.6 Å². The van der Waals surface area contributed by atoms with Crippen molar-refractivity contribution in [2.75, 3.05) is 20.4 Å². The number of nitrogens with one attached hydrogen (secondary N) is 1. The van der Waals surface area contributed by atoms with Crippen molar-refractivity contribution in [2.24, 2.45) is 5.73 Å². The van der Waals surface area contributed by atoms with Gasteiger partial charge in [-0.1, -0.05) is 30.3 Å². The van der Waals surface area contributed by atoms with Gasteiger partial charge in [-0.15, -0.1) is 0 Å². The number of hydrogen-bond acceptors (Lipinski definition) is 5. The van der Waals surface area contributed by atoms with Crippen LogP contribution in [0.15, 0.2) is 42.6 Å². The van der Waals surface area contributed by atoms with Crippen LogP contribution < -0.4 is 11.1 Å². The molecule has 0 aliphatic carbocycles. The van der Waals surface area contributed by atoms with Crippen LogP contribution in [0.3, 0.4) is 0 Å². The Labute approximate surface area is 160 Å². The average molecular weight is 397 g/mol. The van der Waals surface area contributed by atoms with Crippen LogP contribution in [0.25, 0.3) is 11.1 Å². The number of amides is 1. The Morgan fingerprint density at radius 2 is 1.86 bits per heavy atom. The molecule has 0 saturated carbocycles. The standard InChI is InChI=1S/C19H22F3N3O3/c1-28-10-14(23)15-7-6-13(9-24-15)11-2-4-12(5-3-11)17(26)16(8-20)25-19(27)18(21)22/h2-7,9,14,16-18,26H,8,10,23H2,1H3,(H,25,27). The lowest BCUT2D eigenvalue weighted by Gasteiger charge is -2.22. The van der Waals surface area contributed by atoms with Gasteiger partial charge in [-0.25, -0.2) is 4.39 Å². The molecular formula is C19H22F3N3O3. The second-order valence-electron chi connectivity index (χ2n) is 6.17. The predicted molar refractivity (Wildman–Crippen MR) is 97.3 cm³/mol. The van der Waals surface area contributed by atoms with Gasteiger partial charge in [0.1, 0.15) is 12.8 Å². The summed E-state index contributed by atoms with van der Waals surface area (Å²) in [6.45, 7) is -0.842. The zero-order valence-electron chi connectivity index (χ0n) is 15.2. The molecule has 0 spiro atoms. The summed E-state index contributed by atoms with van der Waals surface area (Å²) in [5.41, 5.74) is 8.46. The summed E-state index contributed by atoms with van der Waals surface area (Å²) in [6.07, 6.45) is -3.10. The first kappa shape index (κ1) is 21.8. The zero-order chi connectivity index (χ0) is 20.7. The van der Waals surface area contributed by atoms with Crippen molar-refractivity contribution < 1.29 is 27.8 Å². The number of nitrogens with two attached hydrogens (primary N) is 1. The van der Waals surface area contributed by atoms with E-state index in [2.05, 4.69) is 4.98 Å². The molecule has 4 N–H and O–H groups in total. The molecule has 0 aliphatic rings. The Morgan fingerprint density at radius 3 is 2.36 bits per heavy atom. The smallest absolute Gasteiger partial charge is 0.315 e. The fraction of sp³-hybridized carbons (Fsp3) is 0.368. The quantitative estimate of drug-likeness (QED) is 0.602. The van der Waals surface area contributed by atoms with Crippen LogP contribution in [0.4, 0.5) is 13.2 Å². The molecule has 152 valence electrons. The SMILES string of the molecule is COCC(N)c1ccc(-c2ccc(C(O)C(CF)NC(=O)C(F)F)cc2)cn1. The van der Waals surface area contributed by atoms with Gasteiger partial charge in [0.2, 0.25) is 0 Å². The van der Waals surface area contributed by atoms with Crippen LogP contribution in [-0.4, -0.2) is 48.9 Å². The number of hydrogen-bond donors (Lipinski definition) is 3. The van der Waals surface area contributed by atoms with Crippen LogP contribution in [0.2, 0.25) is 0 Å². The number of alkyl halides is 3. The van der Waals surface area contributed by atoms with Gasteiger partial charge in [0.25, 0.3) is 5.91 Å². The Morgan fingerprint density at radius 1 is 1.21 bits per heavy atom. The van der Waals surface area contributed by atoms with Crippen molar-refractivity contribution in [1.82, 2.24) is 10.3 Å². The summed E-state index contributed by atoms with van der Waals surface area (Å²) in [7, 11) is 1.55. The molecule has 9 heteroatoms. The van der Waals surface area contributed by atoms with E-state index in [0.29, 0.717) is 12.3 Å². The number of pyridine rings is 1. The van der Waals surface area contributed by atoms with Crippen molar-refractivity contribution in [1.29, 1.82) is 0 Å². The van der Waals surface area contributed by atoms with Gasteiger partial charge in [-0.05, 0) is 17.2 Å². The van der Waals surface area contributed by atoms with E-state index in [1.807, 2.05) is 6.07 Å². The summed E-state index contributed by atoms with van der Waals surface area (Å²) < 4.78 is 42.7. The van der Waals surface area contributed by atoms with Crippen LogP contribution in [-0.2, 0) is 9.53 Å². The molecule has 0 aliphatic heterocycles. The summed E-state index contributed by atoms with van der Waals surface area (Å²) in [4.78, 5) is 15.3. The highest BCUT2D eigenvalue weighted by Crippen LogP contribution is 2.24. The lowest BCUT2D eigenvalue weighted by atomic mass is 9.99. The number of carbonyl (C=O) groups excluding carboxylic acids is 1. The maximum atomic E-state index is 13.1. The molecule has 2 rings (SSSR count). The van der Waals surface area contributed by atoms with E-state index in [1.54, 1.807) is 36.8 Å². The molecule has 28 heavy (non-hydrogen) atoms. The Hall–Kier alpha value is -2.49. The topological polar surface area (TPSA) is 97.5 Å². The number of benzene rings is 1. The molecule has 1 aromatic heterocycles. The summed E-state index contributed by atoms with van der Waals surface area (Å²) in [5, 5.41) is 12.0. The monoisotopic (exact) mass is 397 g/mol. The number of nitrogens with zero attached hydrogens (tertiary/aromatic N) is 1. The largest absolute Gasteiger partial charge is 0.386 e. The zero-order valence-corrected chi connectivity index (χ0v) is 15.2. The number of aliphatic hydroxyl groups is 1. The Bertz CT molecular complexity index is 757. The minimum Gasteiger partial charge on any atom is -0.386 e. The van der Waals surface area contributed by atoms with Crippen molar-refractivity contribution in [3.05, 3.63) is 53.9 Å². The Kier molecular flexibility index (Phi) is 7.91. The first-order valence-electron chi connectivity index (χ1n) is 8.50.